The van der Waals surface area contributed by atoms with Gasteiger partial charge in [0.05, 0.1) is 6.61 Å². The zero-order chi connectivity index (χ0) is 11.3. The highest BCUT2D eigenvalue weighted by molar-refractivity contribution is 7.12. The number of carboxylic acids is 1. The molecule has 1 rings (SSSR count). The van der Waals surface area contributed by atoms with E-state index in [0.717, 1.165) is 13.0 Å². The lowest BCUT2D eigenvalue weighted by Crippen LogP contribution is -2.15. The van der Waals surface area contributed by atoms with Crippen LogP contribution < -0.4 is 4.74 Å². The van der Waals surface area contributed by atoms with Crippen LogP contribution in [-0.4, -0.2) is 43.2 Å². The molecule has 4 nitrogen and oxygen atoms in total. The van der Waals surface area contributed by atoms with Gasteiger partial charge in [-0.1, -0.05) is 0 Å². The van der Waals surface area contributed by atoms with E-state index in [1.54, 1.807) is 11.4 Å². The number of hydrogen-bond acceptors (Lipinski definition) is 4. The van der Waals surface area contributed by atoms with Crippen LogP contribution in [0.25, 0.3) is 0 Å². The smallest absolute Gasteiger partial charge is 0.346 e. The van der Waals surface area contributed by atoms with Gasteiger partial charge in [0.1, 0.15) is 10.6 Å². The Bertz CT molecular complexity index is 322. The molecule has 0 aliphatic carbocycles. The van der Waals surface area contributed by atoms with E-state index in [1.165, 1.54) is 11.3 Å². The van der Waals surface area contributed by atoms with Gasteiger partial charge in [0.15, 0.2) is 0 Å². The van der Waals surface area contributed by atoms with Crippen molar-refractivity contribution in [2.45, 2.75) is 6.42 Å². The summed E-state index contributed by atoms with van der Waals surface area (Å²) in [6, 6.07) is 1.56. The summed E-state index contributed by atoms with van der Waals surface area (Å²) in [6.45, 7) is 1.59. The Morgan fingerprint density at radius 1 is 1.60 bits per heavy atom. The van der Waals surface area contributed by atoms with E-state index in [1.807, 2.05) is 14.1 Å². The minimum atomic E-state index is -0.900. The fourth-order valence-corrected chi connectivity index (χ4v) is 1.74. The minimum absolute atomic E-state index is 0.317. The van der Waals surface area contributed by atoms with Gasteiger partial charge in [-0.15, -0.1) is 11.3 Å². The van der Waals surface area contributed by atoms with Crippen molar-refractivity contribution in [2.24, 2.45) is 0 Å². The lowest BCUT2D eigenvalue weighted by atomic mass is 10.4. The molecule has 0 atom stereocenters. The van der Waals surface area contributed by atoms with E-state index in [0.29, 0.717) is 17.2 Å². The third kappa shape index (κ3) is 4.31. The standard InChI is InChI=1S/C10H15NO3S/c1-11(2)4-3-5-14-8-6-9(10(12)13)15-7-8/h6-7H,3-5H2,1-2H3,(H,12,13). The van der Waals surface area contributed by atoms with Crippen molar-refractivity contribution in [3.63, 3.8) is 0 Å². The van der Waals surface area contributed by atoms with Gasteiger partial charge in [-0.2, -0.15) is 0 Å². The summed E-state index contributed by atoms with van der Waals surface area (Å²) in [4.78, 5) is 13.0. The molecule has 0 spiro atoms. The van der Waals surface area contributed by atoms with E-state index in [9.17, 15) is 4.79 Å². The second kappa shape index (κ2) is 5.72. The van der Waals surface area contributed by atoms with Crippen LogP contribution >= 0.6 is 11.3 Å². The van der Waals surface area contributed by atoms with E-state index in [4.69, 9.17) is 9.84 Å². The fourth-order valence-electron chi connectivity index (χ4n) is 1.08. The molecule has 0 aliphatic heterocycles. The van der Waals surface area contributed by atoms with E-state index < -0.39 is 5.97 Å². The Labute approximate surface area is 93.1 Å². The first-order valence-corrected chi connectivity index (χ1v) is 5.57. The Morgan fingerprint density at radius 2 is 2.33 bits per heavy atom. The second-order valence-corrected chi connectivity index (χ2v) is 4.37. The van der Waals surface area contributed by atoms with Gasteiger partial charge in [0.2, 0.25) is 0 Å². The van der Waals surface area contributed by atoms with Crippen LogP contribution in [0.15, 0.2) is 11.4 Å². The predicted molar refractivity (Wildman–Crippen MR) is 59.9 cm³/mol. The summed E-state index contributed by atoms with van der Waals surface area (Å²) < 4.78 is 5.41. The summed E-state index contributed by atoms with van der Waals surface area (Å²) in [6.07, 6.45) is 0.936. The first kappa shape index (κ1) is 12.0. The van der Waals surface area contributed by atoms with Crippen LogP contribution in [-0.2, 0) is 0 Å². The van der Waals surface area contributed by atoms with Crippen molar-refractivity contribution >= 4 is 17.3 Å². The van der Waals surface area contributed by atoms with Gasteiger partial charge in [-0.25, -0.2) is 4.79 Å². The second-order valence-electron chi connectivity index (χ2n) is 3.46. The first-order chi connectivity index (χ1) is 7.09. The molecule has 1 N–H and O–H groups in total. The largest absolute Gasteiger partial charge is 0.493 e. The highest BCUT2D eigenvalue weighted by Crippen LogP contribution is 2.21. The first-order valence-electron chi connectivity index (χ1n) is 4.69. The van der Waals surface area contributed by atoms with Crippen molar-refractivity contribution in [1.82, 2.24) is 4.90 Å². The molecule has 0 fully saturated rings. The Hall–Kier alpha value is -1.07. The van der Waals surface area contributed by atoms with E-state index in [-0.39, 0.29) is 0 Å². The number of nitrogens with zero attached hydrogens (tertiary/aromatic N) is 1. The summed E-state index contributed by atoms with van der Waals surface area (Å²) in [7, 11) is 4.01. The molecule has 84 valence electrons. The molecule has 0 aromatic carbocycles. The van der Waals surface area contributed by atoms with Gasteiger partial charge in [0.25, 0.3) is 0 Å². The SMILES string of the molecule is CN(C)CCCOc1csc(C(=O)O)c1. The molecule has 1 aromatic heterocycles. The zero-order valence-corrected chi connectivity index (χ0v) is 9.71. The van der Waals surface area contributed by atoms with Crippen LogP contribution in [0.2, 0.25) is 0 Å². The van der Waals surface area contributed by atoms with Gasteiger partial charge in [-0.05, 0) is 20.5 Å². The van der Waals surface area contributed by atoms with Crippen LogP contribution in [0.5, 0.6) is 5.75 Å². The fraction of sp³-hybridized carbons (Fsp3) is 0.500. The Balaban J connectivity index is 2.29. The molecule has 0 radical (unpaired) electrons. The molecule has 0 saturated carbocycles. The molecule has 0 unspecified atom stereocenters. The molecule has 15 heavy (non-hydrogen) atoms. The van der Waals surface area contributed by atoms with Gasteiger partial charge in [-0.3, -0.25) is 0 Å². The van der Waals surface area contributed by atoms with Gasteiger partial charge < -0.3 is 14.7 Å². The summed E-state index contributed by atoms with van der Waals surface area (Å²) in [5.41, 5.74) is 0. The zero-order valence-electron chi connectivity index (χ0n) is 8.90. The molecule has 1 aromatic rings. The van der Waals surface area contributed by atoms with Crippen LogP contribution in [0.1, 0.15) is 16.1 Å². The van der Waals surface area contributed by atoms with Crippen molar-refractivity contribution in [3.05, 3.63) is 16.3 Å². The third-order valence-corrected chi connectivity index (χ3v) is 2.70. The minimum Gasteiger partial charge on any atom is -0.493 e. The van der Waals surface area contributed by atoms with E-state index >= 15 is 0 Å². The van der Waals surface area contributed by atoms with Gasteiger partial charge in [0, 0.05) is 18.0 Å². The molecule has 5 heteroatoms. The van der Waals surface area contributed by atoms with Crippen LogP contribution in [0, 0.1) is 0 Å². The summed E-state index contributed by atoms with van der Waals surface area (Å²) in [5, 5.41) is 10.4. The number of thiophene rings is 1. The molecule has 1 heterocycles. The maximum atomic E-state index is 10.6. The Morgan fingerprint density at radius 3 is 2.87 bits per heavy atom. The molecule has 0 bridgehead atoms. The lowest BCUT2D eigenvalue weighted by molar-refractivity contribution is 0.0702. The number of hydrogen-bond donors (Lipinski definition) is 1. The molecular formula is C10H15NO3S. The monoisotopic (exact) mass is 229 g/mol. The maximum absolute atomic E-state index is 10.6. The number of carbonyl (C=O) groups is 1. The molecule has 0 saturated heterocycles. The number of ether oxygens (including phenoxy) is 1. The van der Waals surface area contributed by atoms with Crippen molar-refractivity contribution in [2.75, 3.05) is 27.2 Å². The normalized spacial score (nSPS) is 10.6. The topological polar surface area (TPSA) is 49.8 Å². The maximum Gasteiger partial charge on any atom is 0.346 e. The molecule has 0 aliphatic rings. The number of rotatable bonds is 6. The summed E-state index contributed by atoms with van der Waals surface area (Å²) >= 11 is 1.19. The van der Waals surface area contributed by atoms with Crippen LogP contribution in [0.3, 0.4) is 0 Å². The summed E-state index contributed by atoms with van der Waals surface area (Å²) in [5.74, 6) is -0.251. The van der Waals surface area contributed by atoms with Crippen LogP contribution in [0.4, 0.5) is 0 Å². The third-order valence-electron chi connectivity index (χ3n) is 1.80. The van der Waals surface area contributed by atoms with Gasteiger partial charge >= 0.3 is 5.97 Å². The highest BCUT2D eigenvalue weighted by atomic mass is 32.1. The quantitative estimate of drug-likeness (QED) is 0.755. The average molecular weight is 229 g/mol. The van der Waals surface area contributed by atoms with Crippen molar-refractivity contribution in [3.8, 4) is 5.75 Å². The Kier molecular flexibility index (Phi) is 4.58. The van der Waals surface area contributed by atoms with Crippen molar-refractivity contribution in [1.29, 1.82) is 0 Å². The number of aromatic carboxylic acids is 1. The molecular weight excluding hydrogens is 214 g/mol. The van der Waals surface area contributed by atoms with E-state index in [2.05, 4.69) is 4.90 Å². The predicted octanol–water partition coefficient (Wildman–Crippen LogP) is 1.78. The highest BCUT2D eigenvalue weighted by Gasteiger charge is 2.06. The number of carboxylic acid groups (broad SMARTS) is 1. The molecule has 0 amide bonds. The lowest BCUT2D eigenvalue weighted by Gasteiger charge is -2.09. The van der Waals surface area contributed by atoms with Crippen molar-refractivity contribution < 1.29 is 14.6 Å². The average Bonchev–Trinajstić information content (AvgIpc) is 2.60.